The van der Waals surface area contributed by atoms with Crippen LogP contribution in [0, 0.1) is 5.92 Å². The molecule has 1 aromatic rings. The fourth-order valence-electron chi connectivity index (χ4n) is 3.47. The molecule has 0 heterocycles. The minimum Gasteiger partial charge on any atom is -0.391 e. The van der Waals surface area contributed by atoms with Crippen molar-refractivity contribution in [2.45, 2.75) is 56.5 Å². The molecule has 1 saturated carbocycles. The fraction of sp³-hybridized carbons (Fsp3) is 0.647. The highest BCUT2D eigenvalue weighted by Gasteiger charge is 2.41. The Morgan fingerprint density at radius 1 is 1.19 bits per heavy atom. The molecule has 1 aliphatic carbocycles. The zero-order valence-electron chi connectivity index (χ0n) is 14.9. The molecule has 0 radical (unpaired) electrons. The van der Waals surface area contributed by atoms with Gasteiger partial charge in [0.2, 0.25) is 7.37 Å². The van der Waals surface area contributed by atoms with Crippen molar-refractivity contribution in [3.05, 3.63) is 33.8 Å². The Kier molecular flexibility index (Phi) is 8.14. The van der Waals surface area contributed by atoms with Crippen molar-refractivity contribution in [2.75, 3.05) is 6.16 Å². The molecule has 27 heavy (non-hydrogen) atoms. The van der Waals surface area contributed by atoms with Crippen LogP contribution in [0.15, 0.2) is 18.2 Å². The van der Waals surface area contributed by atoms with Gasteiger partial charge in [0.25, 0.3) is 0 Å². The Hall–Kier alpha value is -0.210. The second-order valence-electron chi connectivity index (χ2n) is 7.22. The number of aliphatic hydroxyl groups is 4. The molecule has 0 bridgehead atoms. The lowest BCUT2D eigenvalue weighted by Crippen LogP contribution is -2.46. The lowest BCUT2D eigenvalue weighted by molar-refractivity contribution is -0.0972. The molecule has 1 fully saturated rings. The van der Waals surface area contributed by atoms with Crippen molar-refractivity contribution in [3.63, 3.8) is 0 Å². The summed E-state index contributed by atoms with van der Waals surface area (Å²) in [6.07, 6.45) is -4.60. The summed E-state index contributed by atoms with van der Waals surface area (Å²) in [5, 5.41) is 42.9. The van der Waals surface area contributed by atoms with E-state index in [1.54, 1.807) is 18.2 Å². The van der Waals surface area contributed by atoms with Crippen LogP contribution in [0.3, 0.4) is 0 Å². The zero-order chi connectivity index (χ0) is 20.4. The van der Waals surface area contributed by atoms with Crippen LogP contribution in [0.4, 0.5) is 0 Å². The summed E-state index contributed by atoms with van der Waals surface area (Å²) in [7, 11) is -3.88. The number of rotatable bonds is 7. The second kappa shape index (κ2) is 9.53. The van der Waals surface area contributed by atoms with Gasteiger partial charge in [-0.3, -0.25) is 9.88 Å². The topological polar surface area (TPSA) is 130 Å². The van der Waals surface area contributed by atoms with Crippen LogP contribution in [0.1, 0.15) is 25.3 Å². The maximum atomic E-state index is 12.9. The maximum absolute atomic E-state index is 12.9. The van der Waals surface area contributed by atoms with Gasteiger partial charge in [-0.25, -0.2) is 0 Å². The molecule has 7 nitrogen and oxygen atoms in total. The molecule has 0 aromatic heterocycles. The van der Waals surface area contributed by atoms with Gasteiger partial charge in [-0.1, -0.05) is 29.3 Å². The van der Waals surface area contributed by atoms with E-state index < -0.39 is 43.5 Å². The van der Waals surface area contributed by atoms with Crippen molar-refractivity contribution < 1.29 is 29.9 Å². The molecule has 154 valence electrons. The van der Waals surface area contributed by atoms with Crippen molar-refractivity contribution >= 4 is 30.6 Å². The molecule has 0 saturated heterocycles. The summed E-state index contributed by atoms with van der Waals surface area (Å²) in [5.41, 5.74) is 0.738. The predicted octanol–water partition coefficient (Wildman–Crippen LogP) is 1.55. The van der Waals surface area contributed by atoms with Gasteiger partial charge in [-0.15, -0.1) is 0 Å². The molecule has 0 amide bonds. The van der Waals surface area contributed by atoms with Gasteiger partial charge in [0.1, 0.15) is 11.9 Å². The van der Waals surface area contributed by atoms with Crippen molar-refractivity contribution in [3.8, 4) is 0 Å². The molecule has 0 spiro atoms. The molecular weight excluding hydrogens is 416 g/mol. The van der Waals surface area contributed by atoms with Crippen LogP contribution >= 0.6 is 30.6 Å². The normalized spacial score (nSPS) is 30.5. The standard InChI is InChI=1S/C17H26Cl2NO6P/c1-9(21)17(20-7-10-2-3-12(18)13(19)4-10)27(25,26)8-11-5-14(22)16(24)15(23)6-11/h2-4,9,11,14-17,20-24H,5-8H2,1H3,(H,25,26)/t9-,11?,14?,15?,16?,17?/m0/s1. The maximum Gasteiger partial charge on any atom is 0.219 e. The van der Waals surface area contributed by atoms with Crippen LogP contribution in [-0.4, -0.2) is 61.7 Å². The molecule has 6 N–H and O–H groups in total. The third-order valence-electron chi connectivity index (χ3n) is 4.85. The van der Waals surface area contributed by atoms with Gasteiger partial charge in [0, 0.05) is 12.7 Å². The SMILES string of the molecule is C[C@H](O)C(NCc1ccc(Cl)c(Cl)c1)P(=O)(O)CC1CC(O)C(O)C(O)C1. The number of halogens is 2. The Morgan fingerprint density at radius 2 is 1.78 bits per heavy atom. The molecule has 4 unspecified atom stereocenters. The van der Waals surface area contributed by atoms with E-state index in [0.717, 1.165) is 5.56 Å². The Labute approximate surface area is 168 Å². The molecular formula is C17H26Cl2NO6P. The van der Waals surface area contributed by atoms with Crippen LogP contribution < -0.4 is 5.32 Å². The first kappa shape index (κ1) is 23.1. The van der Waals surface area contributed by atoms with Gasteiger partial charge < -0.3 is 25.3 Å². The van der Waals surface area contributed by atoms with Crippen LogP contribution in [0.5, 0.6) is 0 Å². The van der Waals surface area contributed by atoms with E-state index in [0.29, 0.717) is 10.0 Å². The highest BCUT2D eigenvalue weighted by molar-refractivity contribution is 7.58. The van der Waals surface area contributed by atoms with E-state index in [1.165, 1.54) is 6.92 Å². The first-order chi connectivity index (χ1) is 12.5. The fourth-order valence-corrected chi connectivity index (χ4v) is 6.11. The van der Waals surface area contributed by atoms with E-state index in [-0.39, 0.29) is 25.5 Å². The van der Waals surface area contributed by atoms with Crippen LogP contribution in [0.25, 0.3) is 0 Å². The van der Waals surface area contributed by atoms with Gasteiger partial charge in [0.15, 0.2) is 0 Å². The Morgan fingerprint density at radius 3 is 2.30 bits per heavy atom. The van der Waals surface area contributed by atoms with Gasteiger partial charge in [0.05, 0.1) is 28.4 Å². The molecule has 0 aliphatic heterocycles. The third-order valence-corrected chi connectivity index (χ3v) is 8.11. The van der Waals surface area contributed by atoms with E-state index in [2.05, 4.69) is 5.32 Å². The lowest BCUT2D eigenvalue weighted by atomic mass is 9.84. The van der Waals surface area contributed by atoms with Gasteiger partial charge in [-0.2, -0.15) is 0 Å². The minimum atomic E-state index is -3.88. The molecule has 10 heteroatoms. The van der Waals surface area contributed by atoms with E-state index in [1.807, 2.05) is 0 Å². The summed E-state index contributed by atoms with van der Waals surface area (Å²) in [5.74, 6) is -1.53. The predicted molar refractivity (Wildman–Crippen MR) is 104 cm³/mol. The summed E-state index contributed by atoms with van der Waals surface area (Å²) >= 11 is 11.8. The molecule has 1 aromatic carbocycles. The average molecular weight is 442 g/mol. The van der Waals surface area contributed by atoms with Crippen molar-refractivity contribution in [1.82, 2.24) is 5.32 Å². The van der Waals surface area contributed by atoms with Crippen LogP contribution in [-0.2, 0) is 11.1 Å². The smallest absolute Gasteiger partial charge is 0.219 e. The Balaban J connectivity index is 2.05. The van der Waals surface area contributed by atoms with Gasteiger partial charge >= 0.3 is 0 Å². The molecule has 5 atom stereocenters. The first-order valence-corrected chi connectivity index (χ1v) is 11.4. The van der Waals surface area contributed by atoms with Gasteiger partial charge in [-0.05, 0) is 43.4 Å². The largest absolute Gasteiger partial charge is 0.391 e. The third kappa shape index (κ3) is 6.13. The summed E-state index contributed by atoms with van der Waals surface area (Å²) in [6.45, 7) is 1.62. The first-order valence-electron chi connectivity index (χ1n) is 8.72. The van der Waals surface area contributed by atoms with E-state index >= 15 is 0 Å². The van der Waals surface area contributed by atoms with Crippen molar-refractivity contribution in [2.24, 2.45) is 5.92 Å². The number of nitrogens with one attached hydrogen (secondary N) is 1. The minimum absolute atomic E-state index is 0.113. The quantitative estimate of drug-likeness (QED) is 0.354. The number of benzene rings is 1. The average Bonchev–Trinajstić information content (AvgIpc) is 2.55. The monoisotopic (exact) mass is 441 g/mol. The van der Waals surface area contributed by atoms with E-state index in [9.17, 15) is 29.9 Å². The Bertz CT molecular complexity index is 679. The zero-order valence-corrected chi connectivity index (χ0v) is 17.3. The van der Waals surface area contributed by atoms with Crippen LogP contribution in [0.2, 0.25) is 10.0 Å². The summed E-state index contributed by atoms with van der Waals surface area (Å²) in [4.78, 5) is 10.6. The number of hydrogen-bond acceptors (Lipinski definition) is 6. The summed E-state index contributed by atoms with van der Waals surface area (Å²) < 4.78 is 12.9. The highest BCUT2D eigenvalue weighted by Crippen LogP contribution is 2.50. The summed E-state index contributed by atoms with van der Waals surface area (Å²) in [6, 6.07) is 4.97. The van der Waals surface area contributed by atoms with E-state index in [4.69, 9.17) is 23.2 Å². The number of hydrogen-bond donors (Lipinski definition) is 6. The molecule has 2 rings (SSSR count). The second-order valence-corrected chi connectivity index (χ2v) is 10.5. The highest BCUT2D eigenvalue weighted by atomic mass is 35.5. The van der Waals surface area contributed by atoms with Crippen molar-refractivity contribution in [1.29, 1.82) is 0 Å². The molecule has 1 aliphatic rings. The number of aliphatic hydroxyl groups excluding tert-OH is 4. The lowest BCUT2D eigenvalue weighted by Gasteiger charge is -2.36.